The molecule has 1 unspecified atom stereocenters. The van der Waals surface area contributed by atoms with E-state index in [4.69, 9.17) is 10.8 Å². The van der Waals surface area contributed by atoms with Crippen LogP contribution < -0.4 is 5.73 Å². The number of nitrogen functional groups attached to an aromatic ring is 1. The van der Waals surface area contributed by atoms with Crippen molar-refractivity contribution in [1.29, 1.82) is 0 Å². The van der Waals surface area contributed by atoms with Crippen molar-refractivity contribution < 1.29 is 10.2 Å². The highest BCUT2D eigenvalue weighted by atomic mass is 16.3. The van der Waals surface area contributed by atoms with Gasteiger partial charge in [-0.15, -0.1) is 0 Å². The monoisotopic (exact) mass is 210 g/mol. The van der Waals surface area contributed by atoms with E-state index in [1.165, 1.54) is 0 Å². The number of nitrogens with zero attached hydrogens (tertiary/aromatic N) is 1. The van der Waals surface area contributed by atoms with Crippen LogP contribution in [0.25, 0.3) is 0 Å². The first-order valence-corrected chi connectivity index (χ1v) is 4.96. The largest absolute Gasteiger partial charge is 0.399 e. The molecule has 0 heterocycles. The van der Waals surface area contributed by atoms with Gasteiger partial charge >= 0.3 is 0 Å². The van der Waals surface area contributed by atoms with Crippen LogP contribution in [-0.2, 0) is 0 Å². The van der Waals surface area contributed by atoms with Gasteiger partial charge < -0.3 is 20.8 Å². The van der Waals surface area contributed by atoms with Gasteiger partial charge in [-0.3, -0.25) is 0 Å². The van der Waals surface area contributed by atoms with Gasteiger partial charge in [0, 0.05) is 18.8 Å². The number of rotatable bonds is 5. The van der Waals surface area contributed by atoms with E-state index in [0.717, 1.165) is 5.56 Å². The summed E-state index contributed by atoms with van der Waals surface area (Å²) in [6.45, 7) is 1.14. The number of likely N-dealkylation sites (N-methyl/N-ethyl adjacent to an activating group) is 1. The van der Waals surface area contributed by atoms with Crippen LogP contribution >= 0.6 is 0 Å². The van der Waals surface area contributed by atoms with Crippen molar-refractivity contribution in [3.63, 3.8) is 0 Å². The summed E-state index contributed by atoms with van der Waals surface area (Å²) < 4.78 is 0. The second-order valence-electron chi connectivity index (χ2n) is 3.67. The summed E-state index contributed by atoms with van der Waals surface area (Å²) in [5.74, 6) is 0. The molecule has 0 aliphatic heterocycles. The maximum absolute atomic E-state index is 9.86. The molecule has 0 fully saturated rings. The van der Waals surface area contributed by atoms with Gasteiger partial charge in [0.15, 0.2) is 0 Å². The summed E-state index contributed by atoms with van der Waals surface area (Å²) in [5.41, 5.74) is 7.08. The highest BCUT2D eigenvalue weighted by molar-refractivity contribution is 5.41. The fraction of sp³-hybridized carbons (Fsp3) is 0.455. The first-order valence-electron chi connectivity index (χ1n) is 4.96. The molecule has 1 aromatic rings. The summed E-state index contributed by atoms with van der Waals surface area (Å²) in [4.78, 5) is 1.87. The molecular weight excluding hydrogens is 192 g/mol. The molecule has 1 rings (SSSR count). The average Bonchev–Trinajstić information content (AvgIpc) is 2.18. The third kappa shape index (κ3) is 3.87. The van der Waals surface area contributed by atoms with Crippen LogP contribution in [0.15, 0.2) is 24.3 Å². The lowest BCUT2D eigenvalue weighted by Gasteiger charge is -2.19. The van der Waals surface area contributed by atoms with E-state index in [0.29, 0.717) is 18.8 Å². The van der Waals surface area contributed by atoms with Crippen molar-refractivity contribution in [2.75, 3.05) is 32.5 Å². The first kappa shape index (κ1) is 12.0. The highest BCUT2D eigenvalue weighted by Gasteiger charge is 2.10. The van der Waals surface area contributed by atoms with E-state index in [2.05, 4.69) is 0 Å². The van der Waals surface area contributed by atoms with Crippen LogP contribution in [0.1, 0.15) is 11.7 Å². The summed E-state index contributed by atoms with van der Waals surface area (Å²) in [6, 6.07) is 7.21. The Morgan fingerprint density at radius 1 is 1.47 bits per heavy atom. The second kappa shape index (κ2) is 5.70. The molecule has 0 saturated heterocycles. The molecule has 4 heteroatoms. The molecule has 0 aliphatic rings. The lowest BCUT2D eigenvalue weighted by molar-refractivity contribution is 0.115. The number of hydrogen-bond donors (Lipinski definition) is 3. The molecular formula is C11H18N2O2. The second-order valence-corrected chi connectivity index (χ2v) is 3.67. The molecule has 0 radical (unpaired) electrons. The Hall–Kier alpha value is -1.10. The van der Waals surface area contributed by atoms with E-state index in [-0.39, 0.29) is 6.61 Å². The van der Waals surface area contributed by atoms with Gasteiger partial charge in [-0.05, 0) is 24.7 Å². The van der Waals surface area contributed by atoms with Crippen molar-refractivity contribution in [3.8, 4) is 0 Å². The zero-order chi connectivity index (χ0) is 11.3. The number of anilines is 1. The quantitative estimate of drug-likeness (QED) is 0.608. The molecule has 0 amide bonds. The molecule has 15 heavy (non-hydrogen) atoms. The summed E-state index contributed by atoms with van der Waals surface area (Å²) >= 11 is 0. The summed E-state index contributed by atoms with van der Waals surface area (Å²) in [6.07, 6.45) is -0.565. The van der Waals surface area contributed by atoms with Gasteiger partial charge in [-0.1, -0.05) is 12.1 Å². The van der Waals surface area contributed by atoms with Crippen LogP contribution in [0.4, 0.5) is 5.69 Å². The molecule has 0 saturated carbocycles. The molecule has 84 valence electrons. The van der Waals surface area contributed by atoms with Crippen LogP contribution in [-0.4, -0.2) is 41.9 Å². The SMILES string of the molecule is CN(CCO)CC(O)c1cccc(N)c1. The lowest BCUT2D eigenvalue weighted by Crippen LogP contribution is -2.27. The van der Waals surface area contributed by atoms with E-state index < -0.39 is 6.10 Å². The van der Waals surface area contributed by atoms with Gasteiger partial charge in [0.05, 0.1) is 12.7 Å². The summed E-state index contributed by atoms with van der Waals surface area (Å²) in [5, 5.41) is 18.6. The molecule has 4 nitrogen and oxygen atoms in total. The van der Waals surface area contributed by atoms with Crippen molar-refractivity contribution in [2.45, 2.75) is 6.10 Å². The number of aliphatic hydroxyl groups excluding tert-OH is 2. The highest BCUT2D eigenvalue weighted by Crippen LogP contribution is 2.16. The van der Waals surface area contributed by atoms with Crippen LogP contribution in [0.3, 0.4) is 0 Å². The average molecular weight is 210 g/mol. The first-order chi connectivity index (χ1) is 7.13. The van der Waals surface area contributed by atoms with E-state index in [9.17, 15) is 5.11 Å². The van der Waals surface area contributed by atoms with Crippen molar-refractivity contribution in [2.24, 2.45) is 0 Å². The predicted octanol–water partition coefficient (Wildman–Crippen LogP) is 0.226. The van der Waals surface area contributed by atoms with Gasteiger partial charge in [0.2, 0.25) is 0 Å². The van der Waals surface area contributed by atoms with E-state index >= 15 is 0 Å². The Balaban J connectivity index is 2.56. The molecule has 0 spiro atoms. The standard InChI is InChI=1S/C11H18N2O2/c1-13(5-6-14)8-11(15)9-3-2-4-10(12)7-9/h2-4,7,11,14-15H,5-6,8,12H2,1H3. The van der Waals surface area contributed by atoms with Gasteiger partial charge in [0.1, 0.15) is 0 Å². The minimum atomic E-state index is -0.565. The predicted molar refractivity (Wildman–Crippen MR) is 60.4 cm³/mol. The molecule has 0 aromatic heterocycles. The smallest absolute Gasteiger partial charge is 0.0917 e. The van der Waals surface area contributed by atoms with E-state index in [1.54, 1.807) is 12.1 Å². The molecule has 0 aliphatic carbocycles. The van der Waals surface area contributed by atoms with Gasteiger partial charge in [-0.2, -0.15) is 0 Å². The number of hydrogen-bond acceptors (Lipinski definition) is 4. The lowest BCUT2D eigenvalue weighted by atomic mass is 10.1. The van der Waals surface area contributed by atoms with Crippen molar-refractivity contribution in [3.05, 3.63) is 29.8 Å². The van der Waals surface area contributed by atoms with Crippen molar-refractivity contribution >= 4 is 5.69 Å². The van der Waals surface area contributed by atoms with E-state index in [1.807, 2.05) is 24.1 Å². The summed E-state index contributed by atoms with van der Waals surface area (Å²) in [7, 11) is 1.85. The third-order valence-corrected chi connectivity index (χ3v) is 2.26. The minimum Gasteiger partial charge on any atom is -0.399 e. The maximum Gasteiger partial charge on any atom is 0.0917 e. The Morgan fingerprint density at radius 3 is 2.80 bits per heavy atom. The van der Waals surface area contributed by atoms with Crippen LogP contribution in [0.2, 0.25) is 0 Å². The van der Waals surface area contributed by atoms with Crippen molar-refractivity contribution in [1.82, 2.24) is 4.90 Å². The number of nitrogens with two attached hydrogens (primary N) is 1. The number of aliphatic hydroxyl groups is 2. The zero-order valence-corrected chi connectivity index (χ0v) is 8.93. The zero-order valence-electron chi connectivity index (χ0n) is 8.93. The third-order valence-electron chi connectivity index (χ3n) is 2.26. The molecule has 1 atom stereocenters. The molecule has 1 aromatic carbocycles. The Kier molecular flexibility index (Phi) is 4.55. The maximum atomic E-state index is 9.86. The fourth-order valence-electron chi connectivity index (χ4n) is 1.43. The molecule has 0 bridgehead atoms. The van der Waals surface area contributed by atoms with Crippen LogP contribution in [0.5, 0.6) is 0 Å². The Labute approximate surface area is 89.9 Å². The van der Waals surface area contributed by atoms with Gasteiger partial charge in [0.25, 0.3) is 0 Å². The Bertz CT molecular complexity index is 304. The Morgan fingerprint density at radius 2 is 2.20 bits per heavy atom. The topological polar surface area (TPSA) is 69.7 Å². The fourth-order valence-corrected chi connectivity index (χ4v) is 1.43. The van der Waals surface area contributed by atoms with Crippen LogP contribution in [0, 0.1) is 0 Å². The van der Waals surface area contributed by atoms with Gasteiger partial charge in [-0.25, -0.2) is 0 Å². The minimum absolute atomic E-state index is 0.0974. The number of benzene rings is 1. The normalized spacial score (nSPS) is 13.1. The molecule has 4 N–H and O–H groups in total.